The van der Waals surface area contributed by atoms with Crippen molar-refractivity contribution in [3.63, 3.8) is 0 Å². The quantitative estimate of drug-likeness (QED) is 0.788. The van der Waals surface area contributed by atoms with Gasteiger partial charge in [0, 0.05) is 12.6 Å². The van der Waals surface area contributed by atoms with E-state index in [0.29, 0.717) is 5.82 Å². The molecule has 4 nitrogen and oxygen atoms in total. The monoisotopic (exact) mass is 228 g/mol. The molecule has 0 unspecified atom stereocenters. The number of alkyl halides is 2. The molecule has 2 heterocycles. The van der Waals surface area contributed by atoms with Crippen LogP contribution in [0.3, 0.4) is 0 Å². The van der Waals surface area contributed by atoms with Gasteiger partial charge in [-0.1, -0.05) is 0 Å². The second kappa shape index (κ2) is 3.84. The van der Waals surface area contributed by atoms with Crippen LogP contribution in [-0.2, 0) is 0 Å². The molecule has 0 amide bonds. The molecule has 0 bridgehead atoms. The van der Waals surface area contributed by atoms with Gasteiger partial charge in [0.2, 0.25) is 5.95 Å². The summed E-state index contributed by atoms with van der Waals surface area (Å²) >= 11 is 0. The van der Waals surface area contributed by atoms with Crippen LogP contribution < -0.4 is 10.6 Å². The molecular formula is C10H14F2N4. The minimum Gasteiger partial charge on any atom is -0.384 e. The normalized spacial score (nSPS) is 30.4. The van der Waals surface area contributed by atoms with Crippen LogP contribution >= 0.6 is 0 Å². The third-order valence-electron chi connectivity index (χ3n) is 2.53. The van der Waals surface area contributed by atoms with Crippen LogP contribution in [0.15, 0.2) is 12.3 Å². The molecule has 1 aromatic rings. The lowest BCUT2D eigenvalue weighted by Gasteiger charge is -2.36. The largest absolute Gasteiger partial charge is 0.384 e. The van der Waals surface area contributed by atoms with Gasteiger partial charge in [0.05, 0.1) is 13.1 Å². The van der Waals surface area contributed by atoms with Crippen molar-refractivity contribution >= 4 is 11.8 Å². The number of nitrogen functional groups attached to an aromatic ring is 1. The standard InChI is InChI=1S/C10H14F2N4/c1-10(12)4-7(11)5-16(6-10)9-14-3-2-8(13)15-9/h2-3,7H,4-6H2,1H3,(H2,13,14,15)/t7-,10-/m0/s1. The van der Waals surface area contributed by atoms with Crippen LogP contribution in [0, 0.1) is 0 Å². The van der Waals surface area contributed by atoms with Crippen molar-refractivity contribution in [3.05, 3.63) is 12.3 Å². The first-order chi connectivity index (χ1) is 7.46. The number of hydrogen-bond acceptors (Lipinski definition) is 4. The average molecular weight is 228 g/mol. The molecule has 16 heavy (non-hydrogen) atoms. The number of piperidine rings is 1. The maximum atomic E-state index is 13.8. The summed E-state index contributed by atoms with van der Waals surface area (Å²) in [5, 5.41) is 0. The van der Waals surface area contributed by atoms with E-state index in [1.165, 1.54) is 24.1 Å². The molecule has 1 aromatic heterocycles. The molecule has 2 N–H and O–H groups in total. The number of nitrogens with two attached hydrogens (primary N) is 1. The highest BCUT2D eigenvalue weighted by Gasteiger charge is 2.37. The van der Waals surface area contributed by atoms with Crippen molar-refractivity contribution < 1.29 is 8.78 Å². The summed E-state index contributed by atoms with van der Waals surface area (Å²) in [7, 11) is 0. The smallest absolute Gasteiger partial charge is 0.227 e. The third kappa shape index (κ3) is 2.37. The van der Waals surface area contributed by atoms with Crippen LogP contribution in [0.5, 0.6) is 0 Å². The Kier molecular flexibility index (Phi) is 2.65. The molecule has 6 heteroatoms. The number of rotatable bonds is 1. The highest BCUT2D eigenvalue weighted by Crippen LogP contribution is 2.28. The lowest BCUT2D eigenvalue weighted by atomic mass is 9.96. The Morgan fingerprint density at radius 3 is 3.00 bits per heavy atom. The zero-order valence-electron chi connectivity index (χ0n) is 9.03. The van der Waals surface area contributed by atoms with E-state index < -0.39 is 11.8 Å². The lowest BCUT2D eigenvalue weighted by molar-refractivity contribution is 0.105. The van der Waals surface area contributed by atoms with Crippen LogP contribution in [0.2, 0.25) is 0 Å². The lowest BCUT2D eigenvalue weighted by Crippen LogP contribution is -2.49. The predicted molar refractivity (Wildman–Crippen MR) is 57.7 cm³/mol. The van der Waals surface area contributed by atoms with Crippen molar-refractivity contribution in [2.24, 2.45) is 0 Å². The number of hydrogen-bond donors (Lipinski definition) is 1. The Bertz CT molecular complexity index is 383. The summed E-state index contributed by atoms with van der Waals surface area (Å²) in [5.41, 5.74) is 3.95. The fourth-order valence-corrected chi connectivity index (χ4v) is 1.96. The van der Waals surface area contributed by atoms with Gasteiger partial charge in [0.15, 0.2) is 0 Å². The Hall–Kier alpha value is -1.46. The minimum absolute atomic E-state index is 0.0776. The van der Waals surface area contributed by atoms with Gasteiger partial charge in [-0.05, 0) is 13.0 Å². The van der Waals surface area contributed by atoms with Gasteiger partial charge >= 0.3 is 0 Å². The van der Waals surface area contributed by atoms with Crippen molar-refractivity contribution in [1.29, 1.82) is 0 Å². The minimum atomic E-state index is -1.55. The van der Waals surface area contributed by atoms with Crippen LogP contribution in [0.25, 0.3) is 0 Å². The zero-order chi connectivity index (χ0) is 11.8. The van der Waals surface area contributed by atoms with Crippen molar-refractivity contribution in [1.82, 2.24) is 9.97 Å². The summed E-state index contributed by atoms with van der Waals surface area (Å²) in [6.45, 7) is 1.60. The molecule has 0 aromatic carbocycles. The van der Waals surface area contributed by atoms with E-state index in [-0.39, 0.29) is 25.5 Å². The summed E-state index contributed by atoms with van der Waals surface area (Å²) < 4.78 is 27.1. The van der Waals surface area contributed by atoms with E-state index in [0.717, 1.165) is 0 Å². The topological polar surface area (TPSA) is 55.0 Å². The molecule has 1 aliphatic rings. The van der Waals surface area contributed by atoms with E-state index in [1.807, 2.05) is 0 Å². The molecule has 1 saturated heterocycles. The Morgan fingerprint density at radius 1 is 1.62 bits per heavy atom. The molecule has 88 valence electrons. The number of aromatic nitrogens is 2. The highest BCUT2D eigenvalue weighted by atomic mass is 19.2. The Balaban J connectivity index is 2.21. The summed E-state index contributed by atoms with van der Waals surface area (Å²) in [4.78, 5) is 9.41. The van der Waals surface area contributed by atoms with Gasteiger partial charge in [0.1, 0.15) is 17.7 Å². The van der Waals surface area contributed by atoms with E-state index in [2.05, 4.69) is 9.97 Å². The van der Waals surface area contributed by atoms with E-state index in [9.17, 15) is 8.78 Å². The molecule has 2 rings (SSSR count). The maximum Gasteiger partial charge on any atom is 0.227 e. The molecule has 1 aliphatic heterocycles. The van der Waals surface area contributed by atoms with Gasteiger partial charge in [-0.15, -0.1) is 0 Å². The van der Waals surface area contributed by atoms with Gasteiger partial charge in [-0.2, -0.15) is 4.98 Å². The third-order valence-corrected chi connectivity index (χ3v) is 2.53. The van der Waals surface area contributed by atoms with Crippen molar-refractivity contribution in [3.8, 4) is 0 Å². The van der Waals surface area contributed by atoms with E-state index in [1.54, 1.807) is 0 Å². The fraction of sp³-hybridized carbons (Fsp3) is 0.600. The second-order valence-electron chi connectivity index (χ2n) is 4.38. The zero-order valence-corrected chi connectivity index (χ0v) is 9.03. The summed E-state index contributed by atoms with van der Waals surface area (Å²) in [5.74, 6) is 0.581. The SMILES string of the molecule is C[C@]1(F)C[C@H](F)CN(c2nccc(N)n2)C1. The van der Waals surface area contributed by atoms with Gasteiger partial charge in [-0.3, -0.25) is 0 Å². The molecule has 0 spiro atoms. The summed E-state index contributed by atoms with van der Waals surface area (Å²) in [6, 6.07) is 1.54. The van der Waals surface area contributed by atoms with Gasteiger partial charge in [0.25, 0.3) is 0 Å². The maximum absolute atomic E-state index is 13.8. The van der Waals surface area contributed by atoms with Gasteiger partial charge in [-0.25, -0.2) is 13.8 Å². The van der Waals surface area contributed by atoms with E-state index >= 15 is 0 Å². The Morgan fingerprint density at radius 2 is 2.38 bits per heavy atom. The highest BCUT2D eigenvalue weighted by molar-refractivity contribution is 5.39. The molecule has 0 radical (unpaired) electrons. The molecule has 0 saturated carbocycles. The number of halogens is 2. The molecule has 1 fully saturated rings. The van der Waals surface area contributed by atoms with Crippen LogP contribution in [0.4, 0.5) is 20.5 Å². The van der Waals surface area contributed by atoms with Gasteiger partial charge < -0.3 is 10.6 Å². The molecular weight excluding hydrogens is 214 g/mol. The van der Waals surface area contributed by atoms with Crippen LogP contribution in [0.1, 0.15) is 13.3 Å². The Labute approximate surface area is 92.5 Å². The summed E-state index contributed by atoms with van der Waals surface area (Å²) in [6.07, 6.45) is 0.203. The van der Waals surface area contributed by atoms with E-state index in [4.69, 9.17) is 5.73 Å². The number of anilines is 2. The number of nitrogens with zero attached hydrogens (tertiary/aromatic N) is 3. The predicted octanol–water partition coefficient (Wildman–Crippen LogP) is 1.34. The first-order valence-corrected chi connectivity index (χ1v) is 5.13. The molecule has 2 atom stereocenters. The van der Waals surface area contributed by atoms with Crippen molar-refractivity contribution in [2.75, 3.05) is 23.7 Å². The second-order valence-corrected chi connectivity index (χ2v) is 4.38. The molecule has 0 aliphatic carbocycles. The first kappa shape index (κ1) is 11.0. The van der Waals surface area contributed by atoms with Crippen LogP contribution in [-0.4, -0.2) is 34.9 Å². The van der Waals surface area contributed by atoms with Crippen molar-refractivity contribution in [2.45, 2.75) is 25.2 Å². The average Bonchev–Trinajstić information content (AvgIpc) is 2.14. The first-order valence-electron chi connectivity index (χ1n) is 5.13. The fourth-order valence-electron chi connectivity index (χ4n) is 1.96.